The van der Waals surface area contributed by atoms with Crippen LogP contribution in [0.5, 0.6) is 0 Å². The van der Waals surface area contributed by atoms with Crippen molar-refractivity contribution in [3.05, 3.63) is 47.7 Å². The van der Waals surface area contributed by atoms with Crippen LogP contribution in [0.15, 0.2) is 41.8 Å². The molecule has 0 saturated heterocycles. The van der Waals surface area contributed by atoms with E-state index >= 15 is 0 Å². The van der Waals surface area contributed by atoms with E-state index in [1.807, 2.05) is 20.8 Å². The number of benzene rings is 1. The van der Waals surface area contributed by atoms with Crippen molar-refractivity contribution in [1.82, 2.24) is 10.2 Å². The molecule has 7 nitrogen and oxygen atoms in total. The highest BCUT2D eigenvalue weighted by molar-refractivity contribution is 6.01. The van der Waals surface area contributed by atoms with Gasteiger partial charge < -0.3 is 19.8 Å². The zero-order valence-corrected chi connectivity index (χ0v) is 28.4. The average molecular weight is 600 g/mol. The number of aryl methyl sites for hydroxylation is 1. The molecule has 244 valence electrons. The van der Waals surface area contributed by atoms with Gasteiger partial charge in [-0.2, -0.15) is 0 Å². The van der Waals surface area contributed by atoms with Crippen LogP contribution in [0.1, 0.15) is 136 Å². The molecular formula is C36H61N3O4. The summed E-state index contributed by atoms with van der Waals surface area (Å²) in [4.78, 5) is 31.5. The molecule has 0 aliphatic rings. The molecule has 1 aromatic rings. The lowest BCUT2D eigenvalue weighted by atomic mass is 9.95. The van der Waals surface area contributed by atoms with E-state index in [2.05, 4.69) is 62.1 Å². The second-order valence-electron chi connectivity index (χ2n) is 12.8. The van der Waals surface area contributed by atoms with Crippen LogP contribution in [0.4, 0.5) is 4.79 Å². The van der Waals surface area contributed by atoms with Crippen molar-refractivity contribution in [3.63, 3.8) is 0 Å². The van der Waals surface area contributed by atoms with Gasteiger partial charge in [0.05, 0.1) is 12.3 Å². The number of carbonyl (C=O) groups excluding carboxylic acids is 2. The predicted octanol–water partition coefficient (Wildman–Crippen LogP) is 9.19. The Hall–Kier alpha value is -2.83. The Morgan fingerprint density at radius 1 is 0.930 bits per heavy atom. The molecular weight excluding hydrogens is 538 g/mol. The maximum absolute atomic E-state index is 12.3. The van der Waals surface area contributed by atoms with Crippen LogP contribution in [0, 0.1) is 5.92 Å². The number of unbranched alkanes of at least 4 members (excludes halogenated alkanes) is 9. The van der Waals surface area contributed by atoms with Crippen molar-refractivity contribution in [2.24, 2.45) is 11.1 Å². The molecule has 2 amide bonds. The molecule has 0 heterocycles. The monoisotopic (exact) mass is 599 g/mol. The van der Waals surface area contributed by atoms with Gasteiger partial charge in [0.2, 0.25) is 5.91 Å². The molecule has 0 spiro atoms. The van der Waals surface area contributed by atoms with E-state index in [9.17, 15) is 9.59 Å². The Labute approximate surface area is 262 Å². The van der Waals surface area contributed by atoms with E-state index in [4.69, 9.17) is 9.57 Å². The van der Waals surface area contributed by atoms with E-state index in [-0.39, 0.29) is 24.5 Å². The Morgan fingerprint density at radius 3 is 2.14 bits per heavy atom. The first-order valence-electron chi connectivity index (χ1n) is 16.7. The van der Waals surface area contributed by atoms with Crippen molar-refractivity contribution in [3.8, 4) is 0 Å². The van der Waals surface area contributed by atoms with Gasteiger partial charge in [0.1, 0.15) is 11.4 Å². The van der Waals surface area contributed by atoms with Gasteiger partial charge in [-0.05, 0) is 64.0 Å². The molecule has 1 unspecified atom stereocenters. The molecule has 0 bridgehead atoms. The first kappa shape index (κ1) is 38.2. The second-order valence-corrected chi connectivity index (χ2v) is 12.8. The van der Waals surface area contributed by atoms with Gasteiger partial charge in [-0.25, -0.2) is 4.79 Å². The Balaban J connectivity index is 2.40. The molecule has 1 N–H and O–H groups in total. The minimum Gasteiger partial charge on any atom is -0.444 e. The molecule has 1 atom stereocenters. The average Bonchev–Trinajstić information content (AvgIpc) is 2.96. The van der Waals surface area contributed by atoms with Gasteiger partial charge in [-0.3, -0.25) is 4.79 Å². The third kappa shape index (κ3) is 18.4. The summed E-state index contributed by atoms with van der Waals surface area (Å²) >= 11 is 0. The normalized spacial score (nSPS) is 12.5. The molecule has 0 radical (unpaired) electrons. The maximum Gasteiger partial charge on any atom is 0.410 e. The Bertz CT molecular complexity index is 966. The first-order chi connectivity index (χ1) is 20.5. The van der Waals surface area contributed by atoms with Gasteiger partial charge >= 0.3 is 6.09 Å². The number of nitrogens with one attached hydrogen (secondary N) is 1. The summed E-state index contributed by atoms with van der Waals surface area (Å²) in [7, 11) is 1.73. The molecule has 1 rings (SSSR count). The molecule has 0 saturated carbocycles. The molecule has 0 aliphatic carbocycles. The third-order valence-corrected chi connectivity index (χ3v) is 7.51. The van der Waals surface area contributed by atoms with Crippen LogP contribution in [0.2, 0.25) is 0 Å². The highest BCUT2D eigenvalue weighted by Gasteiger charge is 2.19. The van der Waals surface area contributed by atoms with Crippen LogP contribution >= 0.6 is 0 Å². The van der Waals surface area contributed by atoms with E-state index < -0.39 is 5.60 Å². The van der Waals surface area contributed by atoms with Gasteiger partial charge in [0.25, 0.3) is 0 Å². The van der Waals surface area contributed by atoms with Crippen molar-refractivity contribution in [1.29, 1.82) is 0 Å². The fourth-order valence-electron chi connectivity index (χ4n) is 4.60. The maximum atomic E-state index is 12.3. The molecule has 0 aromatic heterocycles. The largest absolute Gasteiger partial charge is 0.444 e. The summed E-state index contributed by atoms with van der Waals surface area (Å²) in [5.41, 5.74) is 2.81. The van der Waals surface area contributed by atoms with Crippen molar-refractivity contribution >= 4 is 17.7 Å². The van der Waals surface area contributed by atoms with Gasteiger partial charge in [-0.1, -0.05) is 108 Å². The lowest BCUT2D eigenvalue weighted by Gasteiger charge is -2.24. The van der Waals surface area contributed by atoms with E-state index in [0.717, 1.165) is 43.4 Å². The summed E-state index contributed by atoms with van der Waals surface area (Å²) in [6, 6.07) is 8.70. The highest BCUT2D eigenvalue weighted by atomic mass is 16.6. The summed E-state index contributed by atoms with van der Waals surface area (Å²) in [6.45, 7) is 16.9. The molecule has 1 aromatic carbocycles. The standard InChI is InChI=1S/C36H61N3O4/c1-9-11-12-13-14-15-16-18-21-31-23-25-32(26-24-31)34(29(3)10-2)38-43-30(4)28-37-33(40)22-19-17-20-27-39(8)35(41)42-36(5,6)7/h23-26,29H,4,9-22,27-28H2,1-3,5-8H3,(H,37,40)/b38-34+. The smallest absolute Gasteiger partial charge is 0.410 e. The number of oxime groups is 1. The lowest BCUT2D eigenvalue weighted by Crippen LogP contribution is -2.34. The predicted molar refractivity (Wildman–Crippen MR) is 179 cm³/mol. The second kappa shape index (κ2) is 21.8. The minimum atomic E-state index is -0.504. The van der Waals surface area contributed by atoms with Crippen LogP contribution in [0.3, 0.4) is 0 Å². The van der Waals surface area contributed by atoms with Crippen molar-refractivity contribution in [2.45, 2.75) is 137 Å². The molecule has 43 heavy (non-hydrogen) atoms. The first-order valence-corrected chi connectivity index (χ1v) is 16.7. The molecule has 0 fully saturated rings. The fourth-order valence-corrected chi connectivity index (χ4v) is 4.60. The van der Waals surface area contributed by atoms with E-state index in [1.165, 1.54) is 56.9 Å². The minimum absolute atomic E-state index is 0.0524. The summed E-state index contributed by atoms with van der Waals surface area (Å²) in [6.07, 6.45) is 15.2. The highest BCUT2D eigenvalue weighted by Crippen LogP contribution is 2.17. The number of rotatable bonds is 22. The SMILES string of the molecule is C=C(CNC(=O)CCCCCN(C)C(=O)OC(C)(C)C)O/N=C(/c1ccc(CCCCCCCCCC)cc1)C(C)CC. The number of amides is 2. The number of carbonyl (C=O) groups is 2. The number of hydrogen-bond acceptors (Lipinski definition) is 5. The quantitative estimate of drug-likeness (QED) is 0.0623. The fraction of sp³-hybridized carbons (Fsp3) is 0.694. The number of nitrogens with zero attached hydrogens (tertiary/aromatic N) is 2. The third-order valence-electron chi connectivity index (χ3n) is 7.51. The van der Waals surface area contributed by atoms with Crippen LogP contribution in [0.25, 0.3) is 0 Å². The zero-order valence-electron chi connectivity index (χ0n) is 28.4. The molecule has 0 aliphatic heterocycles. The lowest BCUT2D eigenvalue weighted by molar-refractivity contribution is -0.121. The topological polar surface area (TPSA) is 80.2 Å². The van der Waals surface area contributed by atoms with Crippen LogP contribution in [-0.2, 0) is 20.8 Å². The van der Waals surface area contributed by atoms with Crippen molar-refractivity contribution in [2.75, 3.05) is 20.1 Å². The van der Waals surface area contributed by atoms with Gasteiger partial charge in [0, 0.05) is 25.9 Å². The van der Waals surface area contributed by atoms with E-state index in [1.54, 1.807) is 11.9 Å². The van der Waals surface area contributed by atoms with Crippen LogP contribution < -0.4 is 5.32 Å². The Morgan fingerprint density at radius 2 is 1.53 bits per heavy atom. The molecule has 7 heteroatoms. The van der Waals surface area contributed by atoms with Crippen LogP contribution in [-0.4, -0.2) is 48.4 Å². The summed E-state index contributed by atoms with van der Waals surface area (Å²) in [5.74, 6) is 0.582. The zero-order chi connectivity index (χ0) is 32.1. The van der Waals surface area contributed by atoms with Gasteiger partial charge in [0.15, 0.2) is 0 Å². The van der Waals surface area contributed by atoms with Gasteiger partial charge in [-0.15, -0.1) is 0 Å². The van der Waals surface area contributed by atoms with E-state index in [0.29, 0.717) is 18.7 Å². The number of ether oxygens (including phenoxy) is 1. The Kier molecular flexibility index (Phi) is 19.4. The number of hydrogen-bond donors (Lipinski definition) is 1. The summed E-state index contributed by atoms with van der Waals surface area (Å²) < 4.78 is 5.36. The summed E-state index contributed by atoms with van der Waals surface area (Å²) in [5, 5.41) is 7.32. The van der Waals surface area contributed by atoms with Crippen molar-refractivity contribution < 1.29 is 19.2 Å².